The molecule has 3 heterocycles. The molecule has 172 valence electrons. The fourth-order valence-electron chi connectivity index (χ4n) is 3.99. The first-order valence-corrected chi connectivity index (χ1v) is 10.6. The molecule has 6 nitrogen and oxygen atoms in total. The Morgan fingerprint density at radius 2 is 1.94 bits per heavy atom. The van der Waals surface area contributed by atoms with E-state index in [1.807, 2.05) is 0 Å². The maximum Gasteiger partial charge on any atom is 0.272 e. The number of imidazole rings is 1. The molecule has 5 rings (SSSR count). The van der Waals surface area contributed by atoms with Gasteiger partial charge in [-0.3, -0.25) is 14.7 Å². The summed E-state index contributed by atoms with van der Waals surface area (Å²) in [5, 5.41) is 2.74. The van der Waals surface area contributed by atoms with Crippen LogP contribution >= 0.6 is 0 Å². The topological polar surface area (TPSA) is 73.9 Å². The number of aromatic amines is 1. The Bertz CT molecular complexity index is 1370. The van der Waals surface area contributed by atoms with Gasteiger partial charge in [-0.2, -0.15) is 0 Å². The molecule has 1 amide bonds. The second-order valence-corrected chi connectivity index (χ2v) is 8.24. The molecule has 2 aromatic heterocycles. The number of hydrogen-bond donors (Lipinski definition) is 2. The van der Waals surface area contributed by atoms with E-state index in [2.05, 4.69) is 20.3 Å². The number of nitrogens with zero attached hydrogens (tertiary/aromatic N) is 3. The van der Waals surface area contributed by atoms with E-state index in [0.29, 0.717) is 28.9 Å². The summed E-state index contributed by atoms with van der Waals surface area (Å²) in [7, 11) is 0. The van der Waals surface area contributed by atoms with Crippen LogP contribution < -0.4 is 5.32 Å². The van der Waals surface area contributed by atoms with Crippen LogP contribution in [0.4, 0.5) is 18.9 Å². The highest BCUT2D eigenvalue weighted by Crippen LogP contribution is 2.30. The molecule has 1 fully saturated rings. The van der Waals surface area contributed by atoms with E-state index in [4.69, 9.17) is 0 Å². The lowest BCUT2D eigenvalue weighted by molar-refractivity contribution is -0.133. The number of hydrogen-bond acceptors (Lipinski definition) is 4. The first-order chi connectivity index (χ1) is 16.4. The number of rotatable bonds is 6. The van der Waals surface area contributed by atoms with Crippen molar-refractivity contribution in [3.8, 4) is 11.1 Å². The summed E-state index contributed by atoms with van der Waals surface area (Å²) in [6, 6.07) is 12.4. The number of aromatic nitrogens is 3. The molecule has 2 N–H and O–H groups in total. The smallest absolute Gasteiger partial charge is 0.272 e. The number of H-pyrrole nitrogens is 1. The standard InChI is InChI=1S/C25H20F3N5O/c26-20-11-29-10-18(24(20)17-3-7-21-22(9-17)31-15-30-21)4-8-23(34)32-19-5-1-16(2-6-19)12-33-13-25(27,28)14-33/h1-11,15H,12-14H2,(H,30,31)(H,32,34)/b8-4+. The van der Waals surface area contributed by atoms with E-state index in [0.717, 1.165) is 22.8 Å². The van der Waals surface area contributed by atoms with E-state index in [-0.39, 0.29) is 13.1 Å². The van der Waals surface area contributed by atoms with Gasteiger partial charge in [-0.15, -0.1) is 0 Å². The average molecular weight is 463 g/mol. The Morgan fingerprint density at radius 1 is 1.15 bits per heavy atom. The Kier molecular flexibility index (Phi) is 5.62. The Morgan fingerprint density at radius 3 is 2.71 bits per heavy atom. The first-order valence-electron chi connectivity index (χ1n) is 10.6. The molecule has 0 aliphatic carbocycles. The monoisotopic (exact) mass is 463 g/mol. The number of anilines is 1. The van der Waals surface area contributed by atoms with Gasteiger partial charge in [0.05, 0.1) is 36.6 Å². The van der Waals surface area contributed by atoms with Gasteiger partial charge < -0.3 is 10.3 Å². The molecule has 0 saturated carbocycles. The van der Waals surface area contributed by atoms with Crippen LogP contribution in [-0.2, 0) is 11.3 Å². The fourth-order valence-corrected chi connectivity index (χ4v) is 3.99. The fraction of sp³-hybridized carbons (Fsp3) is 0.160. The van der Waals surface area contributed by atoms with E-state index in [9.17, 15) is 18.0 Å². The number of amides is 1. The minimum absolute atomic E-state index is 0.233. The summed E-state index contributed by atoms with van der Waals surface area (Å²) < 4.78 is 40.6. The number of benzene rings is 2. The van der Waals surface area contributed by atoms with Crippen molar-refractivity contribution in [1.29, 1.82) is 0 Å². The molecule has 0 unspecified atom stereocenters. The summed E-state index contributed by atoms with van der Waals surface area (Å²) in [5.74, 6) is -3.49. The summed E-state index contributed by atoms with van der Waals surface area (Å²) in [5.41, 5.74) is 4.40. The minimum atomic E-state index is -2.59. The second-order valence-electron chi connectivity index (χ2n) is 8.24. The third-order valence-electron chi connectivity index (χ3n) is 5.59. The van der Waals surface area contributed by atoms with Crippen molar-refractivity contribution in [3.63, 3.8) is 0 Å². The zero-order chi connectivity index (χ0) is 23.7. The summed E-state index contributed by atoms with van der Waals surface area (Å²) in [4.78, 5) is 25.2. The molecule has 0 atom stereocenters. The van der Waals surface area contributed by atoms with Crippen molar-refractivity contribution >= 4 is 28.7 Å². The van der Waals surface area contributed by atoms with Crippen LogP contribution in [-0.4, -0.2) is 44.8 Å². The van der Waals surface area contributed by atoms with Gasteiger partial charge in [-0.25, -0.2) is 18.2 Å². The number of carbonyl (C=O) groups is 1. The number of likely N-dealkylation sites (tertiary alicyclic amines) is 1. The van der Waals surface area contributed by atoms with E-state index in [1.165, 1.54) is 18.3 Å². The lowest BCUT2D eigenvalue weighted by Gasteiger charge is -2.38. The highest BCUT2D eigenvalue weighted by Gasteiger charge is 2.43. The van der Waals surface area contributed by atoms with Crippen LogP contribution in [0.3, 0.4) is 0 Å². The molecule has 34 heavy (non-hydrogen) atoms. The van der Waals surface area contributed by atoms with Gasteiger partial charge in [-0.05, 0) is 41.5 Å². The lowest BCUT2D eigenvalue weighted by Crippen LogP contribution is -2.55. The molecule has 1 saturated heterocycles. The number of alkyl halides is 2. The van der Waals surface area contributed by atoms with Crippen molar-refractivity contribution in [3.05, 3.63) is 84.2 Å². The Hall–Kier alpha value is -3.98. The molecule has 0 spiro atoms. The van der Waals surface area contributed by atoms with E-state index < -0.39 is 17.6 Å². The third kappa shape index (κ3) is 4.69. The highest BCUT2D eigenvalue weighted by molar-refractivity contribution is 6.02. The zero-order valence-electron chi connectivity index (χ0n) is 17.9. The third-order valence-corrected chi connectivity index (χ3v) is 5.59. The molecule has 4 aromatic rings. The maximum absolute atomic E-state index is 14.7. The Balaban J connectivity index is 1.27. The van der Waals surface area contributed by atoms with Gasteiger partial charge in [-0.1, -0.05) is 18.2 Å². The van der Waals surface area contributed by atoms with Crippen molar-refractivity contribution in [1.82, 2.24) is 19.9 Å². The van der Waals surface area contributed by atoms with Crippen molar-refractivity contribution in [2.45, 2.75) is 12.5 Å². The van der Waals surface area contributed by atoms with Crippen molar-refractivity contribution < 1.29 is 18.0 Å². The van der Waals surface area contributed by atoms with Crippen LogP contribution in [0.5, 0.6) is 0 Å². The molecule has 1 aliphatic rings. The molecular formula is C25H20F3N5O. The number of carbonyl (C=O) groups excluding carboxylic acids is 1. The van der Waals surface area contributed by atoms with Gasteiger partial charge in [0.2, 0.25) is 5.91 Å². The van der Waals surface area contributed by atoms with Crippen LogP contribution in [0.15, 0.2) is 67.3 Å². The highest BCUT2D eigenvalue weighted by atomic mass is 19.3. The van der Waals surface area contributed by atoms with Crippen LogP contribution in [0.2, 0.25) is 0 Å². The van der Waals surface area contributed by atoms with Crippen molar-refractivity contribution in [2.75, 3.05) is 18.4 Å². The van der Waals surface area contributed by atoms with Crippen molar-refractivity contribution in [2.24, 2.45) is 0 Å². The Labute approximate surface area is 193 Å². The molecule has 0 radical (unpaired) electrons. The van der Waals surface area contributed by atoms with Gasteiger partial charge in [0, 0.05) is 35.6 Å². The second kappa shape index (κ2) is 8.75. The maximum atomic E-state index is 14.7. The summed E-state index contributed by atoms with van der Waals surface area (Å²) >= 11 is 0. The number of halogens is 3. The predicted octanol–water partition coefficient (Wildman–Crippen LogP) is 4.87. The number of pyridine rings is 1. The van der Waals surface area contributed by atoms with Gasteiger partial charge >= 0.3 is 0 Å². The molecule has 1 aliphatic heterocycles. The minimum Gasteiger partial charge on any atom is -0.345 e. The van der Waals surface area contributed by atoms with Gasteiger partial charge in [0.25, 0.3) is 5.92 Å². The van der Waals surface area contributed by atoms with Crippen LogP contribution in [0.1, 0.15) is 11.1 Å². The summed E-state index contributed by atoms with van der Waals surface area (Å²) in [6.45, 7) is -0.0324. The quantitative estimate of drug-likeness (QED) is 0.400. The zero-order valence-corrected chi connectivity index (χ0v) is 17.9. The van der Waals surface area contributed by atoms with E-state index >= 15 is 0 Å². The van der Waals surface area contributed by atoms with Gasteiger partial charge in [0.1, 0.15) is 5.82 Å². The van der Waals surface area contributed by atoms with Crippen LogP contribution in [0, 0.1) is 5.82 Å². The van der Waals surface area contributed by atoms with Crippen LogP contribution in [0.25, 0.3) is 28.2 Å². The number of nitrogens with one attached hydrogen (secondary N) is 2. The predicted molar refractivity (Wildman–Crippen MR) is 124 cm³/mol. The van der Waals surface area contributed by atoms with Gasteiger partial charge in [0.15, 0.2) is 0 Å². The molecular weight excluding hydrogens is 443 g/mol. The first kappa shape index (κ1) is 21.8. The largest absolute Gasteiger partial charge is 0.345 e. The number of fused-ring (bicyclic) bond motifs is 1. The SMILES string of the molecule is O=C(/C=C/c1cncc(F)c1-c1ccc2nc[nH]c2c1)Nc1ccc(CN2CC(F)(F)C2)cc1. The summed E-state index contributed by atoms with van der Waals surface area (Å²) in [6.07, 6.45) is 7.01. The molecule has 2 aromatic carbocycles. The van der Waals surface area contributed by atoms with E-state index in [1.54, 1.807) is 53.7 Å². The average Bonchev–Trinajstić information content (AvgIpc) is 3.26. The molecule has 0 bridgehead atoms. The molecule has 9 heteroatoms. The lowest BCUT2D eigenvalue weighted by atomic mass is 10.0. The normalized spacial score (nSPS) is 15.5.